The first-order chi connectivity index (χ1) is 7.85. The van der Waals surface area contributed by atoms with Crippen LogP contribution in [0.3, 0.4) is 0 Å². The summed E-state index contributed by atoms with van der Waals surface area (Å²) in [4.78, 5) is 10.2. The number of aryl methyl sites for hydroxylation is 1. The molecule has 17 heavy (non-hydrogen) atoms. The average molecular weight is 239 g/mol. The van der Waals surface area contributed by atoms with Crippen LogP contribution in [0, 0.1) is 17.0 Å². The lowest BCUT2D eigenvalue weighted by molar-refractivity contribution is -0.385. The molecule has 0 heterocycles. The van der Waals surface area contributed by atoms with Gasteiger partial charge in [-0.1, -0.05) is 6.92 Å². The summed E-state index contributed by atoms with van der Waals surface area (Å²) in [5, 5.41) is 20.4. The van der Waals surface area contributed by atoms with Crippen LogP contribution in [0.5, 0.6) is 5.75 Å². The molecule has 0 saturated heterocycles. The second kappa shape index (κ2) is 5.14. The Morgan fingerprint density at radius 2 is 2.18 bits per heavy atom. The Balaban J connectivity index is 2.83. The number of ether oxygens (including phenoxy) is 1. The fourth-order valence-electron chi connectivity index (χ4n) is 1.19. The van der Waals surface area contributed by atoms with Gasteiger partial charge in [0.1, 0.15) is 12.4 Å². The summed E-state index contributed by atoms with van der Waals surface area (Å²) < 4.78 is 5.43. The van der Waals surface area contributed by atoms with Crippen LogP contribution < -0.4 is 4.74 Å². The smallest absolute Gasteiger partial charge is 0.273 e. The van der Waals surface area contributed by atoms with Gasteiger partial charge in [-0.05, 0) is 31.9 Å². The zero-order chi connectivity index (χ0) is 13.1. The molecule has 1 atom stereocenters. The highest BCUT2D eigenvalue weighted by atomic mass is 16.6. The highest BCUT2D eigenvalue weighted by molar-refractivity contribution is 5.43. The number of nitrogens with zero attached hydrogens (tertiary/aromatic N) is 1. The van der Waals surface area contributed by atoms with Gasteiger partial charge in [0.2, 0.25) is 0 Å². The van der Waals surface area contributed by atoms with Gasteiger partial charge in [-0.2, -0.15) is 0 Å². The maximum Gasteiger partial charge on any atom is 0.273 e. The van der Waals surface area contributed by atoms with E-state index in [1.807, 2.05) is 6.92 Å². The van der Waals surface area contributed by atoms with E-state index in [-0.39, 0.29) is 12.3 Å². The fraction of sp³-hybridized carbons (Fsp3) is 0.500. The minimum Gasteiger partial charge on any atom is -0.490 e. The zero-order valence-electron chi connectivity index (χ0n) is 10.3. The molecule has 0 aliphatic rings. The van der Waals surface area contributed by atoms with Crippen LogP contribution in [0.4, 0.5) is 5.69 Å². The van der Waals surface area contributed by atoms with Gasteiger partial charge in [0.15, 0.2) is 0 Å². The van der Waals surface area contributed by atoms with Crippen LogP contribution in [0.15, 0.2) is 18.2 Å². The Morgan fingerprint density at radius 1 is 1.53 bits per heavy atom. The number of aliphatic hydroxyl groups is 1. The first-order valence-electron chi connectivity index (χ1n) is 5.46. The molecular formula is C12H17NO4. The van der Waals surface area contributed by atoms with E-state index >= 15 is 0 Å². The van der Waals surface area contributed by atoms with Crippen molar-refractivity contribution < 1.29 is 14.8 Å². The number of hydrogen-bond acceptors (Lipinski definition) is 4. The molecule has 0 aliphatic carbocycles. The number of nitro benzene ring substituents is 1. The summed E-state index contributed by atoms with van der Waals surface area (Å²) in [6.07, 6.45) is 0.557. The molecule has 1 N–H and O–H groups in total. The molecule has 5 nitrogen and oxygen atoms in total. The summed E-state index contributed by atoms with van der Waals surface area (Å²) in [6, 6.07) is 4.44. The van der Waals surface area contributed by atoms with Gasteiger partial charge in [0, 0.05) is 6.07 Å². The van der Waals surface area contributed by atoms with Crippen molar-refractivity contribution in [3.63, 3.8) is 0 Å². The van der Waals surface area contributed by atoms with Gasteiger partial charge in [-0.15, -0.1) is 0 Å². The minimum atomic E-state index is -0.920. The third-order valence-corrected chi connectivity index (χ3v) is 2.68. The van der Waals surface area contributed by atoms with Crippen LogP contribution in [0.1, 0.15) is 25.8 Å². The van der Waals surface area contributed by atoms with Crippen LogP contribution >= 0.6 is 0 Å². The molecular weight excluding hydrogens is 222 g/mol. The molecule has 0 radical (unpaired) electrons. The molecule has 0 spiro atoms. The maximum atomic E-state index is 10.6. The van der Waals surface area contributed by atoms with Crippen molar-refractivity contribution in [3.05, 3.63) is 33.9 Å². The van der Waals surface area contributed by atoms with Gasteiger partial charge in [-0.25, -0.2) is 0 Å². The molecule has 0 saturated carbocycles. The van der Waals surface area contributed by atoms with Crippen molar-refractivity contribution in [3.8, 4) is 5.75 Å². The van der Waals surface area contributed by atoms with E-state index in [9.17, 15) is 15.2 Å². The summed E-state index contributed by atoms with van der Waals surface area (Å²) in [5.74, 6) is 0.438. The van der Waals surface area contributed by atoms with Crippen molar-refractivity contribution in [1.29, 1.82) is 0 Å². The monoisotopic (exact) mass is 239 g/mol. The SMILES string of the molecule is CCC(C)(O)COc1cc([N+](=O)[O-])ccc1C. The fourth-order valence-corrected chi connectivity index (χ4v) is 1.19. The number of benzene rings is 1. The Kier molecular flexibility index (Phi) is 4.07. The van der Waals surface area contributed by atoms with E-state index in [0.717, 1.165) is 5.56 Å². The van der Waals surface area contributed by atoms with Gasteiger partial charge >= 0.3 is 0 Å². The van der Waals surface area contributed by atoms with Gasteiger partial charge in [0.05, 0.1) is 16.6 Å². The molecule has 1 unspecified atom stereocenters. The van der Waals surface area contributed by atoms with E-state index in [1.165, 1.54) is 12.1 Å². The summed E-state index contributed by atoms with van der Waals surface area (Å²) >= 11 is 0. The number of hydrogen-bond donors (Lipinski definition) is 1. The maximum absolute atomic E-state index is 10.6. The minimum absolute atomic E-state index is 0.0123. The van der Waals surface area contributed by atoms with E-state index in [4.69, 9.17) is 4.74 Å². The summed E-state index contributed by atoms with van der Waals surface area (Å²) in [5.41, 5.74) is -0.124. The number of rotatable bonds is 5. The topological polar surface area (TPSA) is 72.6 Å². The van der Waals surface area contributed by atoms with Gasteiger partial charge in [-0.3, -0.25) is 10.1 Å². The van der Waals surface area contributed by atoms with Gasteiger partial charge in [0.25, 0.3) is 5.69 Å². The van der Waals surface area contributed by atoms with E-state index in [2.05, 4.69) is 0 Å². The van der Waals surface area contributed by atoms with Crippen molar-refractivity contribution >= 4 is 5.69 Å². The van der Waals surface area contributed by atoms with Crippen molar-refractivity contribution in [1.82, 2.24) is 0 Å². The average Bonchev–Trinajstić information content (AvgIpc) is 2.27. The normalized spacial score (nSPS) is 14.1. The molecule has 0 amide bonds. The van der Waals surface area contributed by atoms with Crippen LogP contribution in [0.25, 0.3) is 0 Å². The predicted molar refractivity (Wildman–Crippen MR) is 64.2 cm³/mol. The molecule has 0 aromatic heterocycles. The number of nitro groups is 1. The molecule has 1 rings (SSSR count). The van der Waals surface area contributed by atoms with Crippen LogP contribution in [-0.4, -0.2) is 22.2 Å². The summed E-state index contributed by atoms with van der Waals surface area (Å²) in [6.45, 7) is 5.44. The van der Waals surface area contributed by atoms with Crippen molar-refractivity contribution in [2.24, 2.45) is 0 Å². The zero-order valence-corrected chi connectivity index (χ0v) is 10.3. The number of non-ortho nitro benzene ring substituents is 1. The molecule has 0 fully saturated rings. The van der Waals surface area contributed by atoms with Crippen LogP contribution in [0.2, 0.25) is 0 Å². The molecule has 94 valence electrons. The molecule has 1 aromatic rings. The quantitative estimate of drug-likeness (QED) is 0.632. The third kappa shape index (κ3) is 3.71. The lowest BCUT2D eigenvalue weighted by Gasteiger charge is -2.22. The predicted octanol–water partition coefficient (Wildman–Crippen LogP) is 2.44. The lowest BCUT2D eigenvalue weighted by Crippen LogP contribution is -2.31. The standard InChI is InChI=1S/C12H17NO4/c1-4-12(3,14)8-17-11-7-10(13(15)16)6-5-9(11)2/h5-7,14H,4,8H2,1-3H3. The van der Waals surface area contributed by atoms with Gasteiger partial charge < -0.3 is 9.84 Å². The molecule has 0 bridgehead atoms. The van der Waals surface area contributed by atoms with E-state index in [1.54, 1.807) is 19.9 Å². The van der Waals surface area contributed by atoms with Crippen molar-refractivity contribution in [2.45, 2.75) is 32.8 Å². The third-order valence-electron chi connectivity index (χ3n) is 2.68. The van der Waals surface area contributed by atoms with E-state index < -0.39 is 10.5 Å². The highest BCUT2D eigenvalue weighted by Crippen LogP contribution is 2.25. The first kappa shape index (κ1) is 13.4. The lowest BCUT2D eigenvalue weighted by atomic mass is 10.1. The van der Waals surface area contributed by atoms with Crippen LogP contribution in [-0.2, 0) is 0 Å². The Bertz CT molecular complexity index is 415. The second-order valence-electron chi connectivity index (χ2n) is 4.35. The Hall–Kier alpha value is -1.62. The molecule has 5 heteroatoms. The molecule has 1 aromatic carbocycles. The highest BCUT2D eigenvalue weighted by Gasteiger charge is 2.19. The summed E-state index contributed by atoms with van der Waals surface area (Å²) in [7, 11) is 0. The molecule has 0 aliphatic heterocycles. The Labute approximate surface area is 100 Å². The van der Waals surface area contributed by atoms with E-state index in [0.29, 0.717) is 12.2 Å². The van der Waals surface area contributed by atoms with Crippen molar-refractivity contribution in [2.75, 3.05) is 6.61 Å². The first-order valence-corrected chi connectivity index (χ1v) is 5.46. The Morgan fingerprint density at radius 3 is 2.71 bits per heavy atom. The second-order valence-corrected chi connectivity index (χ2v) is 4.35. The largest absolute Gasteiger partial charge is 0.490 e.